The van der Waals surface area contributed by atoms with Crippen molar-refractivity contribution >= 4 is 17.5 Å². The summed E-state index contributed by atoms with van der Waals surface area (Å²) in [6.07, 6.45) is 0.180. The Morgan fingerprint density at radius 2 is 1.73 bits per heavy atom. The highest BCUT2D eigenvalue weighted by Gasteiger charge is 2.22. The SMILES string of the molecule is COc1ccc([C@@H](CC(C)C)NC(=O)[C@@H](C)Oc2ccccc2Cl)cc1. The molecule has 0 aliphatic carbocycles. The molecule has 0 bridgehead atoms. The second-order valence-electron chi connectivity index (χ2n) is 6.65. The Kier molecular flexibility index (Phi) is 7.34. The number of nitrogens with one attached hydrogen (secondary N) is 1. The molecule has 1 amide bonds. The number of methoxy groups -OCH3 is 1. The lowest BCUT2D eigenvalue weighted by molar-refractivity contribution is -0.128. The second kappa shape index (κ2) is 9.48. The number of halogens is 1. The fourth-order valence-corrected chi connectivity index (χ4v) is 2.84. The molecule has 2 aromatic carbocycles. The van der Waals surface area contributed by atoms with Gasteiger partial charge in [-0.15, -0.1) is 0 Å². The topological polar surface area (TPSA) is 47.6 Å². The summed E-state index contributed by atoms with van der Waals surface area (Å²) >= 11 is 6.10. The van der Waals surface area contributed by atoms with Crippen LogP contribution in [0.1, 0.15) is 38.8 Å². The smallest absolute Gasteiger partial charge is 0.261 e. The van der Waals surface area contributed by atoms with Crippen molar-refractivity contribution in [3.05, 3.63) is 59.1 Å². The van der Waals surface area contributed by atoms with Crippen LogP contribution in [0.15, 0.2) is 48.5 Å². The van der Waals surface area contributed by atoms with E-state index in [1.165, 1.54) is 0 Å². The van der Waals surface area contributed by atoms with Gasteiger partial charge in [-0.1, -0.05) is 49.7 Å². The molecule has 0 saturated carbocycles. The van der Waals surface area contributed by atoms with E-state index < -0.39 is 6.10 Å². The van der Waals surface area contributed by atoms with Crippen LogP contribution in [-0.4, -0.2) is 19.1 Å². The van der Waals surface area contributed by atoms with Gasteiger partial charge < -0.3 is 14.8 Å². The molecule has 0 radical (unpaired) electrons. The second-order valence-corrected chi connectivity index (χ2v) is 7.06. The molecular formula is C21H26ClNO3. The van der Waals surface area contributed by atoms with Crippen molar-refractivity contribution in [3.8, 4) is 11.5 Å². The lowest BCUT2D eigenvalue weighted by Gasteiger charge is -2.24. The molecule has 1 N–H and O–H groups in total. The van der Waals surface area contributed by atoms with Crippen molar-refractivity contribution in [1.82, 2.24) is 5.32 Å². The van der Waals surface area contributed by atoms with Crippen LogP contribution in [0.4, 0.5) is 0 Å². The maximum atomic E-state index is 12.6. The van der Waals surface area contributed by atoms with Crippen molar-refractivity contribution in [2.45, 2.75) is 39.3 Å². The number of ether oxygens (including phenoxy) is 2. The van der Waals surface area contributed by atoms with Crippen molar-refractivity contribution in [2.75, 3.05) is 7.11 Å². The summed E-state index contributed by atoms with van der Waals surface area (Å²) in [7, 11) is 1.64. The largest absolute Gasteiger partial charge is 0.497 e. The van der Waals surface area contributed by atoms with E-state index in [0.29, 0.717) is 16.7 Å². The summed E-state index contributed by atoms with van der Waals surface area (Å²) in [6.45, 7) is 5.98. The molecule has 2 atom stereocenters. The fraction of sp³-hybridized carbons (Fsp3) is 0.381. The van der Waals surface area contributed by atoms with E-state index in [0.717, 1.165) is 17.7 Å². The number of para-hydroxylation sites is 1. The Hall–Kier alpha value is -2.20. The zero-order chi connectivity index (χ0) is 19.1. The maximum Gasteiger partial charge on any atom is 0.261 e. The van der Waals surface area contributed by atoms with Crippen LogP contribution >= 0.6 is 11.6 Å². The van der Waals surface area contributed by atoms with E-state index in [4.69, 9.17) is 21.1 Å². The van der Waals surface area contributed by atoms with Crippen molar-refractivity contribution in [3.63, 3.8) is 0 Å². The Labute approximate surface area is 160 Å². The molecule has 0 spiro atoms. The van der Waals surface area contributed by atoms with Gasteiger partial charge in [0.2, 0.25) is 0 Å². The Balaban J connectivity index is 2.08. The van der Waals surface area contributed by atoms with Crippen LogP contribution in [-0.2, 0) is 4.79 Å². The van der Waals surface area contributed by atoms with Gasteiger partial charge in [-0.25, -0.2) is 0 Å². The fourth-order valence-electron chi connectivity index (χ4n) is 2.66. The summed E-state index contributed by atoms with van der Waals surface area (Å²) < 4.78 is 10.9. The van der Waals surface area contributed by atoms with E-state index in [2.05, 4.69) is 19.2 Å². The molecule has 0 aliphatic rings. The summed E-state index contributed by atoms with van der Waals surface area (Å²) in [5, 5.41) is 3.58. The predicted octanol–water partition coefficient (Wildman–Crippen LogP) is 5.02. The molecule has 0 heterocycles. The zero-order valence-electron chi connectivity index (χ0n) is 15.7. The third-order valence-electron chi connectivity index (χ3n) is 4.05. The van der Waals surface area contributed by atoms with Crippen LogP contribution in [0.25, 0.3) is 0 Å². The minimum absolute atomic E-state index is 0.0919. The van der Waals surface area contributed by atoms with Gasteiger partial charge >= 0.3 is 0 Å². The standard InChI is InChI=1S/C21H26ClNO3/c1-14(2)13-19(16-9-11-17(25-4)12-10-16)23-21(24)15(3)26-20-8-6-5-7-18(20)22/h5-12,14-15,19H,13H2,1-4H3,(H,23,24)/t15-,19-/m1/s1. The highest BCUT2D eigenvalue weighted by atomic mass is 35.5. The van der Waals surface area contributed by atoms with E-state index in [9.17, 15) is 4.79 Å². The molecule has 0 fully saturated rings. The highest BCUT2D eigenvalue weighted by Crippen LogP contribution is 2.26. The Morgan fingerprint density at radius 1 is 1.08 bits per heavy atom. The monoisotopic (exact) mass is 375 g/mol. The summed E-state index contributed by atoms with van der Waals surface area (Å²) in [5.74, 6) is 1.55. The van der Waals surface area contributed by atoms with Gasteiger partial charge in [0.05, 0.1) is 18.2 Å². The summed E-state index contributed by atoms with van der Waals surface area (Å²) in [4.78, 5) is 12.6. The molecule has 2 aromatic rings. The molecule has 0 aliphatic heterocycles. The predicted molar refractivity (Wildman–Crippen MR) is 105 cm³/mol. The Morgan fingerprint density at radius 3 is 2.31 bits per heavy atom. The minimum atomic E-state index is -0.650. The number of carbonyl (C=O) groups is 1. The highest BCUT2D eigenvalue weighted by molar-refractivity contribution is 6.32. The van der Waals surface area contributed by atoms with E-state index >= 15 is 0 Å². The average molecular weight is 376 g/mol. The van der Waals surface area contributed by atoms with Gasteiger partial charge in [0.15, 0.2) is 6.10 Å². The quantitative estimate of drug-likeness (QED) is 0.704. The molecule has 0 aromatic heterocycles. The van der Waals surface area contributed by atoms with E-state index in [-0.39, 0.29) is 11.9 Å². The number of carbonyl (C=O) groups excluding carboxylic acids is 1. The average Bonchev–Trinajstić information content (AvgIpc) is 2.62. The first-order valence-corrected chi connectivity index (χ1v) is 9.14. The summed E-state index contributed by atoms with van der Waals surface area (Å²) in [5.41, 5.74) is 1.04. The molecule has 2 rings (SSSR count). The van der Waals surface area contributed by atoms with E-state index in [1.807, 2.05) is 36.4 Å². The maximum absolute atomic E-state index is 12.6. The van der Waals surface area contributed by atoms with Gasteiger partial charge in [-0.2, -0.15) is 0 Å². The lowest BCUT2D eigenvalue weighted by atomic mass is 9.96. The zero-order valence-corrected chi connectivity index (χ0v) is 16.4. The van der Waals surface area contributed by atoms with Crippen molar-refractivity contribution in [2.24, 2.45) is 5.92 Å². The van der Waals surface area contributed by atoms with Crippen LogP contribution in [0.2, 0.25) is 5.02 Å². The number of amides is 1. The molecule has 4 nitrogen and oxygen atoms in total. The normalized spacial score (nSPS) is 13.2. The number of rotatable bonds is 8. The van der Waals surface area contributed by atoms with Crippen LogP contribution in [0.5, 0.6) is 11.5 Å². The molecular weight excluding hydrogens is 350 g/mol. The van der Waals surface area contributed by atoms with E-state index in [1.54, 1.807) is 26.2 Å². The van der Waals surface area contributed by atoms with Gasteiger partial charge in [0, 0.05) is 0 Å². The third kappa shape index (κ3) is 5.67. The number of benzene rings is 2. The van der Waals surface area contributed by atoms with Crippen LogP contribution in [0.3, 0.4) is 0 Å². The van der Waals surface area contributed by atoms with Gasteiger partial charge in [0.25, 0.3) is 5.91 Å². The van der Waals surface area contributed by atoms with Crippen molar-refractivity contribution in [1.29, 1.82) is 0 Å². The molecule has 140 valence electrons. The van der Waals surface area contributed by atoms with Crippen LogP contribution in [0, 0.1) is 5.92 Å². The first-order chi connectivity index (χ1) is 12.4. The minimum Gasteiger partial charge on any atom is -0.497 e. The molecule has 5 heteroatoms. The number of hydrogen-bond donors (Lipinski definition) is 1. The first-order valence-electron chi connectivity index (χ1n) is 8.76. The van der Waals surface area contributed by atoms with Gasteiger partial charge in [0.1, 0.15) is 11.5 Å². The lowest BCUT2D eigenvalue weighted by Crippen LogP contribution is -2.39. The van der Waals surface area contributed by atoms with Gasteiger partial charge in [-0.3, -0.25) is 4.79 Å². The molecule has 0 saturated heterocycles. The first kappa shape index (κ1) is 20.1. The number of hydrogen-bond acceptors (Lipinski definition) is 3. The molecule has 0 unspecified atom stereocenters. The Bertz CT molecular complexity index is 715. The van der Waals surface area contributed by atoms with Crippen molar-refractivity contribution < 1.29 is 14.3 Å². The van der Waals surface area contributed by atoms with Crippen LogP contribution < -0.4 is 14.8 Å². The summed E-state index contributed by atoms with van der Waals surface area (Å²) in [6, 6.07) is 14.8. The van der Waals surface area contributed by atoms with Gasteiger partial charge in [-0.05, 0) is 49.1 Å². The molecule has 26 heavy (non-hydrogen) atoms. The third-order valence-corrected chi connectivity index (χ3v) is 4.36.